The molecule has 2 nitrogen and oxygen atoms in total. The van der Waals surface area contributed by atoms with E-state index >= 15 is 0 Å². The maximum atomic E-state index is 12.5. The Balaban J connectivity index is 1.72. The van der Waals surface area contributed by atoms with Crippen molar-refractivity contribution >= 4 is 39.4 Å². The van der Waals surface area contributed by atoms with Gasteiger partial charge in [-0.15, -0.1) is 0 Å². The molecule has 0 radical (unpaired) electrons. The highest BCUT2D eigenvalue weighted by Gasteiger charge is 2.21. The molecule has 0 bridgehead atoms. The lowest BCUT2D eigenvalue weighted by molar-refractivity contribution is 0.0994. The zero-order chi connectivity index (χ0) is 15.5. The summed E-state index contributed by atoms with van der Waals surface area (Å²) in [6.45, 7) is 3.98. The normalized spacial score (nSPS) is 14.9. The number of benzene rings is 2. The Labute approximate surface area is 139 Å². The Morgan fingerprint density at radius 1 is 1.18 bits per heavy atom. The fourth-order valence-electron chi connectivity index (χ4n) is 2.23. The van der Waals surface area contributed by atoms with Crippen LogP contribution in [0.25, 0.3) is 0 Å². The molecule has 1 atom stereocenters. The number of fused-ring (bicyclic) bond motifs is 1. The van der Waals surface area contributed by atoms with Crippen LogP contribution in [0.1, 0.15) is 28.4 Å². The van der Waals surface area contributed by atoms with Crippen LogP contribution < -0.4 is 0 Å². The Hall–Kier alpha value is -1.52. The fourth-order valence-corrected chi connectivity index (χ4v) is 4.49. The summed E-state index contributed by atoms with van der Waals surface area (Å²) in [6, 6.07) is 15.9. The van der Waals surface area contributed by atoms with E-state index in [1.54, 1.807) is 23.5 Å². The maximum Gasteiger partial charge on any atom is 0.175 e. The molecule has 1 heterocycles. The fraction of sp³-hybridized carbons (Fsp3) is 0.222. The molecule has 0 saturated heterocycles. The molecule has 3 rings (SSSR count). The number of hydrogen-bond acceptors (Lipinski definition) is 4. The van der Waals surface area contributed by atoms with Gasteiger partial charge >= 0.3 is 0 Å². The van der Waals surface area contributed by atoms with Crippen molar-refractivity contribution in [1.29, 1.82) is 0 Å². The Kier molecular flexibility index (Phi) is 4.69. The number of ketones is 1. The summed E-state index contributed by atoms with van der Waals surface area (Å²) in [7, 11) is 0. The van der Waals surface area contributed by atoms with Crippen molar-refractivity contribution in [2.75, 3.05) is 0 Å². The molecule has 1 aliphatic rings. The summed E-state index contributed by atoms with van der Waals surface area (Å²) in [5.74, 6) is 1.08. The zero-order valence-electron chi connectivity index (χ0n) is 12.6. The molecule has 22 heavy (non-hydrogen) atoms. The number of carbonyl (C=O) groups is 1. The average molecular weight is 327 g/mol. The first kappa shape index (κ1) is 15.4. The molecule has 112 valence electrons. The number of rotatable bonds is 3. The van der Waals surface area contributed by atoms with E-state index in [0.717, 1.165) is 21.4 Å². The molecule has 0 aliphatic carbocycles. The molecule has 4 heteroatoms. The summed E-state index contributed by atoms with van der Waals surface area (Å²) in [5.41, 5.74) is 4.22. The monoisotopic (exact) mass is 327 g/mol. The second kappa shape index (κ2) is 6.71. The van der Waals surface area contributed by atoms with Crippen molar-refractivity contribution in [1.82, 2.24) is 0 Å². The van der Waals surface area contributed by atoms with Gasteiger partial charge in [0.25, 0.3) is 0 Å². The number of nitrogens with zero attached hydrogens (tertiary/aromatic N) is 1. The first-order chi connectivity index (χ1) is 10.6. The molecule has 0 amide bonds. The minimum Gasteiger partial charge on any atom is -0.293 e. The second-order valence-corrected chi connectivity index (χ2v) is 7.84. The topological polar surface area (TPSA) is 29.4 Å². The number of thioether (sulfide) groups is 2. The van der Waals surface area contributed by atoms with Gasteiger partial charge in [0, 0.05) is 11.3 Å². The first-order valence-corrected chi connectivity index (χ1v) is 9.07. The third-order valence-electron chi connectivity index (χ3n) is 3.54. The van der Waals surface area contributed by atoms with E-state index in [2.05, 4.69) is 11.1 Å². The maximum absolute atomic E-state index is 12.5. The molecule has 0 aromatic heterocycles. The highest BCUT2D eigenvalue weighted by Crippen LogP contribution is 2.36. The van der Waals surface area contributed by atoms with Gasteiger partial charge in [-0.1, -0.05) is 71.6 Å². The minimum atomic E-state index is -0.126. The van der Waals surface area contributed by atoms with E-state index in [1.807, 2.05) is 56.3 Å². The van der Waals surface area contributed by atoms with E-state index < -0.39 is 0 Å². The molecule has 0 spiro atoms. The highest BCUT2D eigenvalue weighted by molar-refractivity contribution is 8.39. The standard InChI is InChI=1S/C18H17NOS2/c1-12-7-9-14(10-8-12)17(20)13(2)22-18-19-16-6-4-3-5-15(16)11-21-18/h3-10,13H,11H2,1-2H3/t13-/m1/s1. The Bertz CT molecular complexity index is 722. The van der Waals surface area contributed by atoms with Crippen LogP contribution >= 0.6 is 23.5 Å². The van der Waals surface area contributed by atoms with Gasteiger partial charge in [-0.2, -0.15) is 0 Å². The molecule has 2 aromatic rings. The van der Waals surface area contributed by atoms with Crippen LogP contribution in [0.2, 0.25) is 0 Å². The van der Waals surface area contributed by atoms with Crippen molar-refractivity contribution in [3.63, 3.8) is 0 Å². The smallest absolute Gasteiger partial charge is 0.175 e. The summed E-state index contributed by atoms with van der Waals surface area (Å²) in [6.07, 6.45) is 0. The van der Waals surface area contributed by atoms with Gasteiger partial charge in [0.15, 0.2) is 5.78 Å². The van der Waals surface area contributed by atoms with Crippen LogP contribution in [0.4, 0.5) is 5.69 Å². The van der Waals surface area contributed by atoms with E-state index in [4.69, 9.17) is 0 Å². The van der Waals surface area contributed by atoms with Gasteiger partial charge in [-0.25, -0.2) is 4.99 Å². The van der Waals surface area contributed by atoms with Crippen LogP contribution in [-0.2, 0) is 5.75 Å². The van der Waals surface area contributed by atoms with Crippen LogP contribution in [0.15, 0.2) is 53.5 Å². The van der Waals surface area contributed by atoms with Crippen molar-refractivity contribution in [2.24, 2.45) is 4.99 Å². The third kappa shape index (κ3) is 3.45. The van der Waals surface area contributed by atoms with Crippen molar-refractivity contribution in [2.45, 2.75) is 24.9 Å². The quantitative estimate of drug-likeness (QED) is 0.723. The lowest BCUT2D eigenvalue weighted by Gasteiger charge is -2.17. The van der Waals surface area contributed by atoms with Gasteiger partial charge in [0.05, 0.1) is 10.9 Å². The molecule has 0 unspecified atom stereocenters. The summed E-state index contributed by atoms with van der Waals surface area (Å²) < 4.78 is 0.978. The molecular weight excluding hydrogens is 310 g/mol. The predicted molar refractivity (Wildman–Crippen MR) is 97.4 cm³/mol. The largest absolute Gasteiger partial charge is 0.293 e. The number of para-hydroxylation sites is 1. The van der Waals surface area contributed by atoms with Gasteiger partial charge in [0.1, 0.15) is 4.38 Å². The lowest BCUT2D eigenvalue weighted by atomic mass is 10.1. The van der Waals surface area contributed by atoms with Crippen molar-refractivity contribution in [3.8, 4) is 0 Å². The van der Waals surface area contributed by atoms with Crippen molar-refractivity contribution in [3.05, 3.63) is 65.2 Å². The van der Waals surface area contributed by atoms with Gasteiger partial charge in [-0.05, 0) is 25.5 Å². The van der Waals surface area contributed by atoms with E-state index in [-0.39, 0.29) is 11.0 Å². The summed E-state index contributed by atoms with van der Waals surface area (Å²) >= 11 is 3.26. The molecule has 0 N–H and O–H groups in total. The zero-order valence-corrected chi connectivity index (χ0v) is 14.2. The first-order valence-electron chi connectivity index (χ1n) is 7.20. The number of aliphatic imine (C=N–C) groups is 1. The molecule has 0 saturated carbocycles. The van der Waals surface area contributed by atoms with Gasteiger partial charge < -0.3 is 0 Å². The second-order valence-electron chi connectivity index (χ2n) is 5.29. The van der Waals surface area contributed by atoms with E-state index in [0.29, 0.717) is 0 Å². The molecule has 0 fully saturated rings. The Morgan fingerprint density at radius 3 is 2.68 bits per heavy atom. The van der Waals surface area contributed by atoms with Gasteiger partial charge in [0.2, 0.25) is 0 Å². The average Bonchev–Trinajstić information content (AvgIpc) is 2.55. The number of hydrogen-bond donors (Lipinski definition) is 0. The highest BCUT2D eigenvalue weighted by atomic mass is 32.2. The SMILES string of the molecule is Cc1ccc(C(=O)[C@@H](C)SC2=Nc3ccccc3CS2)cc1. The number of carbonyl (C=O) groups excluding carboxylic acids is 1. The molecular formula is C18H17NOS2. The lowest BCUT2D eigenvalue weighted by Crippen LogP contribution is -2.15. The van der Waals surface area contributed by atoms with E-state index in [9.17, 15) is 4.79 Å². The van der Waals surface area contributed by atoms with Crippen LogP contribution in [0.5, 0.6) is 0 Å². The third-order valence-corrected chi connectivity index (χ3v) is 5.83. The van der Waals surface area contributed by atoms with Crippen LogP contribution in [0.3, 0.4) is 0 Å². The van der Waals surface area contributed by atoms with Gasteiger partial charge in [-0.3, -0.25) is 4.79 Å². The van der Waals surface area contributed by atoms with Crippen LogP contribution in [0, 0.1) is 6.92 Å². The van der Waals surface area contributed by atoms with Crippen LogP contribution in [-0.4, -0.2) is 15.4 Å². The summed E-state index contributed by atoms with van der Waals surface area (Å²) in [5, 5.41) is -0.126. The minimum absolute atomic E-state index is 0.126. The predicted octanol–water partition coefficient (Wildman–Crippen LogP) is 5.23. The molecule has 1 aliphatic heterocycles. The number of Topliss-reactive ketones (excluding diaryl/α,β-unsaturated/α-hetero) is 1. The van der Waals surface area contributed by atoms with Crippen molar-refractivity contribution < 1.29 is 4.79 Å². The number of aryl methyl sites for hydroxylation is 1. The Morgan fingerprint density at radius 2 is 1.91 bits per heavy atom. The molecule has 2 aromatic carbocycles. The summed E-state index contributed by atoms with van der Waals surface area (Å²) in [4.78, 5) is 17.2. The van der Waals surface area contributed by atoms with E-state index in [1.165, 1.54) is 11.1 Å².